The predicted octanol–water partition coefficient (Wildman–Crippen LogP) is 5.52. The van der Waals surface area contributed by atoms with Crippen molar-refractivity contribution in [2.75, 3.05) is 11.1 Å². The smallest absolute Gasteiger partial charge is 0.234 e. The van der Waals surface area contributed by atoms with Gasteiger partial charge in [-0.15, -0.1) is 21.5 Å². The second-order valence-corrected chi connectivity index (χ2v) is 8.27. The molecule has 29 heavy (non-hydrogen) atoms. The molecular weight excluding hydrogens is 431 g/mol. The third kappa shape index (κ3) is 4.67. The zero-order valence-corrected chi connectivity index (χ0v) is 17.3. The van der Waals surface area contributed by atoms with Gasteiger partial charge in [0, 0.05) is 16.4 Å². The van der Waals surface area contributed by atoms with Crippen LogP contribution < -0.4 is 5.32 Å². The molecule has 9 heteroatoms. The van der Waals surface area contributed by atoms with Crippen LogP contribution in [0.25, 0.3) is 16.4 Å². The fraction of sp³-hybridized carbons (Fsp3) is 0.0500. The number of hydrogen-bond donors (Lipinski definition) is 1. The maximum Gasteiger partial charge on any atom is 0.234 e. The molecule has 0 fully saturated rings. The lowest BCUT2D eigenvalue weighted by atomic mass is 10.3. The number of rotatable bonds is 6. The molecule has 0 bridgehead atoms. The number of hydrogen-bond acceptors (Lipinski definition) is 5. The van der Waals surface area contributed by atoms with Gasteiger partial charge in [0.15, 0.2) is 11.0 Å². The van der Waals surface area contributed by atoms with Gasteiger partial charge in [-0.3, -0.25) is 9.36 Å². The van der Waals surface area contributed by atoms with E-state index in [1.165, 1.54) is 36.0 Å². The Hall–Kier alpha value is -2.68. The molecule has 2 aromatic carbocycles. The van der Waals surface area contributed by atoms with E-state index in [1.54, 1.807) is 23.5 Å². The highest BCUT2D eigenvalue weighted by atomic mass is 35.5. The van der Waals surface area contributed by atoms with Crippen LogP contribution in [0, 0.1) is 5.82 Å². The largest absolute Gasteiger partial charge is 0.325 e. The molecule has 146 valence electrons. The van der Waals surface area contributed by atoms with E-state index in [0.29, 0.717) is 21.7 Å². The molecule has 2 heterocycles. The Morgan fingerprint density at radius 1 is 1.10 bits per heavy atom. The third-order valence-corrected chi connectivity index (χ3v) is 5.97. The lowest BCUT2D eigenvalue weighted by molar-refractivity contribution is -0.113. The Morgan fingerprint density at radius 2 is 1.86 bits per heavy atom. The number of thioether (sulfide) groups is 1. The molecular formula is C20H14ClFN4OS2. The number of aromatic nitrogens is 3. The maximum absolute atomic E-state index is 13.0. The Bertz CT molecular complexity index is 1110. The average molecular weight is 445 g/mol. The molecule has 4 rings (SSSR count). The lowest BCUT2D eigenvalue weighted by Gasteiger charge is -2.10. The summed E-state index contributed by atoms with van der Waals surface area (Å²) in [6, 6.07) is 16.9. The number of anilines is 1. The number of amides is 1. The van der Waals surface area contributed by atoms with Crippen molar-refractivity contribution in [3.05, 3.63) is 76.9 Å². The van der Waals surface area contributed by atoms with Crippen LogP contribution in [-0.2, 0) is 4.79 Å². The highest BCUT2D eigenvalue weighted by Gasteiger charge is 2.18. The van der Waals surface area contributed by atoms with Crippen LogP contribution >= 0.6 is 34.7 Å². The molecule has 0 aliphatic rings. The topological polar surface area (TPSA) is 59.8 Å². The summed E-state index contributed by atoms with van der Waals surface area (Å²) in [5.74, 6) is 0.260. The fourth-order valence-corrected chi connectivity index (χ4v) is 4.19. The number of benzene rings is 2. The first-order valence-electron chi connectivity index (χ1n) is 8.53. The summed E-state index contributed by atoms with van der Waals surface area (Å²) in [6.07, 6.45) is 0. The summed E-state index contributed by atoms with van der Waals surface area (Å²) in [5, 5.41) is 14.5. The lowest BCUT2D eigenvalue weighted by Crippen LogP contribution is -2.14. The van der Waals surface area contributed by atoms with Gasteiger partial charge in [-0.25, -0.2) is 4.39 Å². The van der Waals surface area contributed by atoms with Crippen LogP contribution in [0.15, 0.2) is 71.2 Å². The van der Waals surface area contributed by atoms with Crippen LogP contribution in [0.4, 0.5) is 10.1 Å². The monoisotopic (exact) mass is 444 g/mol. The summed E-state index contributed by atoms with van der Waals surface area (Å²) in [4.78, 5) is 13.3. The zero-order chi connectivity index (χ0) is 20.2. The van der Waals surface area contributed by atoms with E-state index >= 15 is 0 Å². The molecule has 0 radical (unpaired) electrons. The van der Waals surface area contributed by atoms with Crippen molar-refractivity contribution in [2.45, 2.75) is 5.16 Å². The summed E-state index contributed by atoms with van der Waals surface area (Å²) in [5.41, 5.74) is 1.39. The second kappa shape index (κ2) is 8.77. The molecule has 4 aromatic rings. The summed E-state index contributed by atoms with van der Waals surface area (Å²) < 4.78 is 14.9. The van der Waals surface area contributed by atoms with Gasteiger partial charge in [0.1, 0.15) is 5.82 Å². The SMILES string of the molecule is O=C(CSc1nnc(-c2cccs2)n1-c1ccc(Cl)cc1)Nc1ccc(F)cc1. The molecule has 1 amide bonds. The van der Waals surface area contributed by atoms with Crippen molar-refractivity contribution in [1.82, 2.24) is 14.8 Å². The molecule has 0 aliphatic carbocycles. The highest BCUT2D eigenvalue weighted by Crippen LogP contribution is 2.31. The van der Waals surface area contributed by atoms with E-state index in [0.717, 1.165) is 10.6 Å². The second-order valence-electron chi connectivity index (χ2n) is 5.94. The van der Waals surface area contributed by atoms with Gasteiger partial charge in [-0.2, -0.15) is 0 Å². The quantitative estimate of drug-likeness (QED) is 0.398. The van der Waals surface area contributed by atoms with Crippen molar-refractivity contribution < 1.29 is 9.18 Å². The average Bonchev–Trinajstić information content (AvgIpc) is 3.38. The van der Waals surface area contributed by atoms with Crippen LogP contribution in [0.3, 0.4) is 0 Å². The number of thiophene rings is 1. The van der Waals surface area contributed by atoms with Gasteiger partial charge >= 0.3 is 0 Å². The van der Waals surface area contributed by atoms with Crippen LogP contribution in [-0.4, -0.2) is 26.4 Å². The molecule has 2 aromatic heterocycles. The first-order chi connectivity index (χ1) is 14.1. The highest BCUT2D eigenvalue weighted by molar-refractivity contribution is 7.99. The number of nitrogens with one attached hydrogen (secondary N) is 1. The summed E-state index contributed by atoms with van der Waals surface area (Å²) in [7, 11) is 0. The van der Waals surface area contributed by atoms with Gasteiger partial charge in [0.25, 0.3) is 0 Å². The minimum atomic E-state index is -0.352. The molecule has 0 atom stereocenters. The summed E-state index contributed by atoms with van der Waals surface area (Å²) in [6.45, 7) is 0. The van der Waals surface area contributed by atoms with Crippen molar-refractivity contribution >= 4 is 46.3 Å². The van der Waals surface area contributed by atoms with E-state index in [4.69, 9.17) is 11.6 Å². The van der Waals surface area contributed by atoms with E-state index in [9.17, 15) is 9.18 Å². The van der Waals surface area contributed by atoms with Crippen molar-refractivity contribution in [3.8, 4) is 16.4 Å². The van der Waals surface area contributed by atoms with Gasteiger partial charge < -0.3 is 5.32 Å². The zero-order valence-electron chi connectivity index (χ0n) is 14.9. The van der Waals surface area contributed by atoms with E-state index < -0.39 is 0 Å². The Balaban J connectivity index is 1.56. The minimum absolute atomic E-state index is 0.132. The Labute approximate surface area is 179 Å². The van der Waals surface area contributed by atoms with Gasteiger partial charge in [0.2, 0.25) is 5.91 Å². The van der Waals surface area contributed by atoms with Crippen molar-refractivity contribution in [1.29, 1.82) is 0 Å². The first kappa shape index (κ1) is 19.6. The molecule has 0 spiro atoms. The minimum Gasteiger partial charge on any atom is -0.325 e. The van der Waals surface area contributed by atoms with Gasteiger partial charge in [-0.05, 0) is 60.0 Å². The number of carbonyl (C=O) groups is 1. The molecule has 5 nitrogen and oxygen atoms in total. The van der Waals surface area contributed by atoms with Gasteiger partial charge in [0.05, 0.1) is 10.6 Å². The predicted molar refractivity (Wildman–Crippen MR) is 115 cm³/mol. The van der Waals surface area contributed by atoms with E-state index in [-0.39, 0.29) is 17.5 Å². The number of carbonyl (C=O) groups excluding carboxylic acids is 1. The van der Waals surface area contributed by atoms with Crippen molar-refractivity contribution in [3.63, 3.8) is 0 Å². The van der Waals surface area contributed by atoms with Crippen LogP contribution in [0.2, 0.25) is 5.02 Å². The number of nitrogens with zero attached hydrogens (tertiary/aromatic N) is 3. The van der Waals surface area contributed by atoms with Crippen LogP contribution in [0.5, 0.6) is 0 Å². The first-order valence-corrected chi connectivity index (χ1v) is 10.8. The molecule has 0 saturated heterocycles. The molecule has 0 unspecified atom stereocenters. The third-order valence-electron chi connectivity index (χ3n) is 3.92. The van der Waals surface area contributed by atoms with Crippen LogP contribution in [0.1, 0.15) is 0 Å². The normalized spacial score (nSPS) is 10.8. The molecule has 0 saturated carbocycles. The molecule has 0 aliphatic heterocycles. The fourth-order valence-electron chi connectivity index (χ4n) is 2.61. The maximum atomic E-state index is 13.0. The molecule has 1 N–H and O–H groups in total. The number of halogens is 2. The standard InChI is InChI=1S/C20H14ClFN4OS2/c21-13-3-9-16(10-4-13)26-19(17-2-1-11-28-17)24-25-20(26)29-12-18(27)23-15-7-5-14(22)6-8-15/h1-11H,12H2,(H,23,27). The Morgan fingerprint density at radius 3 is 2.55 bits per heavy atom. The van der Waals surface area contributed by atoms with E-state index in [1.807, 2.05) is 34.2 Å². The van der Waals surface area contributed by atoms with Crippen molar-refractivity contribution in [2.24, 2.45) is 0 Å². The summed E-state index contributed by atoms with van der Waals surface area (Å²) >= 11 is 8.85. The Kier molecular flexibility index (Phi) is 5.94. The van der Waals surface area contributed by atoms with Gasteiger partial charge in [-0.1, -0.05) is 29.4 Å². The van der Waals surface area contributed by atoms with E-state index in [2.05, 4.69) is 15.5 Å².